The average Bonchev–Trinajstić information content (AvgIpc) is 2.56. The molecule has 8 heteroatoms. The van der Waals surface area contributed by atoms with Gasteiger partial charge >= 0.3 is 0 Å². The number of nitrogens with one attached hydrogen (secondary N) is 1. The summed E-state index contributed by atoms with van der Waals surface area (Å²) in [5.41, 5.74) is 1.96. The van der Waals surface area contributed by atoms with E-state index >= 15 is 0 Å². The highest BCUT2D eigenvalue weighted by Gasteiger charge is 2.21. The summed E-state index contributed by atoms with van der Waals surface area (Å²) < 4.78 is 0.714. The molecule has 0 saturated carbocycles. The molecule has 0 amide bonds. The van der Waals surface area contributed by atoms with E-state index in [4.69, 9.17) is 0 Å². The lowest BCUT2D eigenvalue weighted by Crippen LogP contribution is -2.39. The van der Waals surface area contributed by atoms with Gasteiger partial charge in [-0.3, -0.25) is 10.1 Å². The Morgan fingerprint density at radius 3 is 2.56 bits per heavy atom. The number of non-ortho nitro benzene ring substituents is 1. The first-order chi connectivity index (χ1) is 11.9. The molecule has 2 aromatic rings. The molecule has 1 aliphatic rings. The van der Waals surface area contributed by atoms with Crippen LogP contribution in [0.1, 0.15) is 24.4 Å². The van der Waals surface area contributed by atoms with E-state index in [2.05, 4.69) is 36.1 Å². The largest absolute Gasteiger partial charge is 0.381 e. The Kier molecular flexibility index (Phi) is 5.17. The lowest BCUT2D eigenvalue weighted by molar-refractivity contribution is -0.384. The molecule has 7 nitrogen and oxygen atoms in total. The monoisotopic (exact) mass is 405 g/mol. The normalized spacial score (nSPS) is 15.2. The Hall–Kier alpha value is -2.22. The first-order valence-electron chi connectivity index (χ1n) is 8.20. The van der Waals surface area contributed by atoms with E-state index < -0.39 is 4.92 Å². The second-order valence-corrected chi connectivity index (χ2v) is 7.10. The third kappa shape index (κ3) is 4.25. The number of piperidine rings is 1. The van der Waals surface area contributed by atoms with Crippen LogP contribution in [-0.2, 0) is 0 Å². The van der Waals surface area contributed by atoms with Crippen LogP contribution in [0.15, 0.2) is 28.7 Å². The highest BCUT2D eigenvalue weighted by molar-refractivity contribution is 9.10. The van der Waals surface area contributed by atoms with Crippen LogP contribution in [0.5, 0.6) is 0 Å². The summed E-state index contributed by atoms with van der Waals surface area (Å²) in [7, 11) is 0. The molecule has 3 rings (SSSR count). The van der Waals surface area contributed by atoms with Crippen LogP contribution in [0, 0.1) is 24.0 Å². The molecule has 132 valence electrons. The fourth-order valence-corrected chi connectivity index (χ4v) is 3.55. The maximum absolute atomic E-state index is 10.8. The lowest BCUT2D eigenvalue weighted by Gasteiger charge is -2.34. The fourth-order valence-electron chi connectivity index (χ4n) is 3.07. The molecule has 0 radical (unpaired) electrons. The number of aryl methyl sites for hydroxylation is 2. The zero-order valence-electron chi connectivity index (χ0n) is 14.2. The lowest BCUT2D eigenvalue weighted by atomic mass is 10.0. The molecule has 0 spiro atoms. The maximum atomic E-state index is 10.8. The Morgan fingerprint density at radius 2 is 1.96 bits per heavy atom. The molecule has 1 fully saturated rings. The van der Waals surface area contributed by atoms with Gasteiger partial charge in [-0.25, -0.2) is 9.97 Å². The van der Waals surface area contributed by atoms with Crippen molar-refractivity contribution in [1.82, 2.24) is 9.97 Å². The van der Waals surface area contributed by atoms with Gasteiger partial charge in [-0.05, 0) is 48.7 Å². The van der Waals surface area contributed by atoms with Crippen molar-refractivity contribution in [2.24, 2.45) is 0 Å². The molecule has 25 heavy (non-hydrogen) atoms. The van der Waals surface area contributed by atoms with Crippen molar-refractivity contribution in [3.63, 3.8) is 0 Å². The molecular formula is C17H20BrN5O2. The molecule has 1 N–H and O–H groups in total. The number of hydrogen-bond donors (Lipinski definition) is 1. The zero-order chi connectivity index (χ0) is 18.0. The molecule has 1 aliphatic heterocycles. The SMILES string of the molecule is Cc1cc(N2CCC(Nc3ccc([N+](=O)[O-])cc3Br)CC2)nc(C)n1. The van der Waals surface area contributed by atoms with Crippen LogP contribution in [0.25, 0.3) is 0 Å². The Labute approximate surface area is 154 Å². The van der Waals surface area contributed by atoms with Crippen LogP contribution < -0.4 is 10.2 Å². The number of benzene rings is 1. The summed E-state index contributed by atoms with van der Waals surface area (Å²) >= 11 is 3.41. The predicted octanol–water partition coefficient (Wildman–Crippen LogP) is 3.85. The highest BCUT2D eigenvalue weighted by atomic mass is 79.9. The number of anilines is 2. The minimum atomic E-state index is -0.390. The number of nitrogens with zero attached hydrogens (tertiary/aromatic N) is 4. The van der Waals surface area contributed by atoms with Gasteiger partial charge in [-0.15, -0.1) is 0 Å². The van der Waals surface area contributed by atoms with E-state index in [0.717, 1.165) is 49.0 Å². The number of rotatable bonds is 4. The van der Waals surface area contributed by atoms with Gasteiger partial charge in [0, 0.05) is 53.2 Å². The van der Waals surface area contributed by atoms with Crippen LogP contribution in [0.3, 0.4) is 0 Å². The number of hydrogen-bond acceptors (Lipinski definition) is 6. The van der Waals surface area contributed by atoms with Crippen LogP contribution in [0.4, 0.5) is 17.2 Å². The van der Waals surface area contributed by atoms with E-state index in [1.807, 2.05) is 19.9 Å². The van der Waals surface area contributed by atoms with Gasteiger partial charge in [-0.1, -0.05) is 0 Å². The minimum absolute atomic E-state index is 0.0849. The van der Waals surface area contributed by atoms with E-state index in [1.54, 1.807) is 6.07 Å². The van der Waals surface area contributed by atoms with E-state index in [1.165, 1.54) is 12.1 Å². The van der Waals surface area contributed by atoms with Crippen LogP contribution in [-0.4, -0.2) is 34.0 Å². The topological polar surface area (TPSA) is 84.2 Å². The van der Waals surface area contributed by atoms with Gasteiger partial charge in [0.2, 0.25) is 0 Å². The highest BCUT2D eigenvalue weighted by Crippen LogP contribution is 2.29. The molecule has 1 aromatic carbocycles. The fraction of sp³-hybridized carbons (Fsp3) is 0.412. The quantitative estimate of drug-likeness (QED) is 0.614. The average molecular weight is 406 g/mol. The first-order valence-corrected chi connectivity index (χ1v) is 8.99. The number of aromatic nitrogens is 2. The summed E-state index contributed by atoms with van der Waals surface area (Å²) in [4.78, 5) is 21.6. The number of halogens is 1. The second-order valence-electron chi connectivity index (χ2n) is 6.24. The molecule has 0 aliphatic carbocycles. The van der Waals surface area contributed by atoms with Gasteiger partial charge in [-0.2, -0.15) is 0 Å². The number of nitro benzene ring substituents is 1. The van der Waals surface area contributed by atoms with Gasteiger partial charge in [0.05, 0.1) is 4.92 Å². The summed E-state index contributed by atoms with van der Waals surface area (Å²) in [5.74, 6) is 1.78. The molecule has 1 saturated heterocycles. The Morgan fingerprint density at radius 1 is 1.24 bits per heavy atom. The molecule has 0 unspecified atom stereocenters. The summed E-state index contributed by atoms with van der Waals surface area (Å²) in [6, 6.07) is 7.16. The van der Waals surface area contributed by atoms with E-state index in [0.29, 0.717) is 10.5 Å². The van der Waals surface area contributed by atoms with Crippen molar-refractivity contribution < 1.29 is 4.92 Å². The first kappa shape index (κ1) is 17.6. The molecule has 1 aromatic heterocycles. The second kappa shape index (κ2) is 7.35. The van der Waals surface area contributed by atoms with Gasteiger partial charge in [0.25, 0.3) is 5.69 Å². The summed E-state index contributed by atoms with van der Waals surface area (Å²) in [6.45, 7) is 5.73. The van der Waals surface area contributed by atoms with Crippen molar-refractivity contribution in [3.8, 4) is 0 Å². The van der Waals surface area contributed by atoms with Crippen molar-refractivity contribution in [3.05, 3.63) is 50.4 Å². The summed E-state index contributed by atoms with van der Waals surface area (Å²) in [5, 5.41) is 14.3. The third-order valence-electron chi connectivity index (χ3n) is 4.29. The zero-order valence-corrected chi connectivity index (χ0v) is 15.8. The standard InChI is InChI=1S/C17H20BrN5O2/c1-11-9-17(20-12(2)19-11)22-7-5-13(6-8-22)21-16-4-3-14(23(24)25)10-15(16)18/h3-4,9-10,13,21H,5-8H2,1-2H3. The predicted molar refractivity (Wildman–Crippen MR) is 101 cm³/mol. The van der Waals surface area contributed by atoms with Crippen molar-refractivity contribution in [1.29, 1.82) is 0 Å². The van der Waals surface area contributed by atoms with Crippen molar-refractivity contribution >= 4 is 33.1 Å². The minimum Gasteiger partial charge on any atom is -0.381 e. The van der Waals surface area contributed by atoms with Gasteiger partial charge in [0.15, 0.2) is 0 Å². The molecule has 0 atom stereocenters. The van der Waals surface area contributed by atoms with Gasteiger partial charge in [0.1, 0.15) is 11.6 Å². The smallest absolute Gasteiger partial charge is 0.270 e. The van der Waals surface area contributed by atoms with E-state index in [9.17, 15) is 10.1 Å². The van der Waals surface area contributed by atoms with Gasteiger partial charge < -0.3 is 10.2 Å². The molecule has 2 heterocycles. The van der Waals surface area contributed by atoms with E-state index in [-0.39, 0.29) is 5.69 Å². The van der Waals surface area contributed by atoms with Crippen LogP contribution in [0.2, 0.25) is 0 Å². The maximum Gasteiger partial charge on any atom is 0.270 e. The van der Waals surface area contributed by atoms with Crippen LogP contribution >= 0.6 is 15.9 Å². The molecule has 0 bridgehead atoms. The van der Waals surface area contributed by atoms with Crippen molar-refractivity contribution in [2.75, 3.05) is 23.3 Å². The Bertz CT molecular complexity index is 770. The summed E-state index contributed by atoms with van der Waals surface area (Å²) in [6.07, 6.45) is 1.96. The Balaban J connectivity index is 1.62. The molecular weight excluding hydrogens is 386 g/mol. The number of nitro groups is 1. The van der Waals surface area contributed by atoms with Crippen molar-refractivity contribution in [2.45, 2.75) is 32.7 Å². The third-order valence-corrected chi connectivity index (χ3v) is 4.95.